The number of rotatable bonds is 6. The van der Waals surface area contributed by atoms with Crippen LogP contribution in [0.5, 0.6) is 11.5 Å². The summed E-state index contributed by atoms with van der Waals surface area (Å²) in [5, 5.41) is 12.5. The number of halogens is 2. The van der Waals surface area contributed by atoms with Gasteiger partial charge in [-0.15, -0.1) is 0 Å². The lowest BCUT2D eigenvalue weighted by Gasteiger charge is -2.12. The Kier molecular flexibility index (Phi) is 5.14. The third-order valence-electron chi connectivity index (χ3n) is 3.90. The van der Waals surface area contributed by atoms with Crippen molar-refractivity contribution in [2.75, 3.05) is 13.3 Å². The Labute approximate surface area is 143 Å². The summed E-state index contributed by atoms with van der Waals surface area (Å²) >= 11 is 0. The zero-order valence-corrected chi connectivity index (χ0v) is 13.3. The van der Waals surface area contributed by atoms with Crippen LogP contribution in [-0.4, -0.2) is 24.4 Å². The van der Waals surface area contributed by atoms with Gasteiger partial charge in [-0.1, -0.05) is 12.1 Å². The predicted molar refractivity (Wildman–Crippen MR) is 85.2 cm³/mol. The maximum atomic E-state index is 13.1. The van der Waals surface area contributed by atoms with E-state index in [0.717, 1.165) is 17.7 Å². The number of nitrogens with one attached hydrogen (secondary N) is 1. The summed E-state index contributed by atoms with van der Waals surface area (Å²) < 4.78 is 36.5. The summed E-state index contributed by atoms with van der Waals surface area (Å²) in [6.07, 6.45) is -0.377. The van der Waals surface area contributed by atoms with Gasteiger partial charge in [-0.05, 0) is 41.8 Å². The van der Waals surface area contributed by atoms with Crippen LogP contribution in [0, 0.1) is 11.6 Å². The third kappa shape index (κ3) is 4.24. The molecule has 25 heavy (non-hydrogen) atoms. The maximum Gasteiger partial charge on any atom is 0.231 e. The Morgan fingerprint density at radius 2 is 1.92 bits per heavy atom. The summed E-state index contributed by atoms with van der Waals surface area (Å²) in [6, 6.07) is 8.61. The minimum Gasteiger partial charge on any atom is -0.454 e. The van der Waals surface area contributed by atoms with Crippen LogP contribution in [-0.2, 0) is 11.2 Å². The molecule has 1 aliphatic rings. The predicted octanol–water partition coefficient (Wildman–Crippen LogP) is 2.48. The first kappa shape index (κ1) is 17.2. The van der Waals surface area contributed by atoms with Crippen molar-refractivity contribution in [1.29, 1.82) is 0 Å². The van der Waals surface area contributed by atoms with E-state index in [2.05, 4.69) is 5.32 Å². The molecular weight excluding hydrogens is 332 g/mol. The molecule has 0 unspecified atom stereocenters. The van der Waals surface area contributed by atoms with Gasteiger partial charge in [0, 0.05) is 13.0 Å². The highest BCUT2D eigenvalue weighted by Gasteiger charge is 2.15. The fourth-order valence-electron chi connectivity index (χ4n) is 2.49. The van der Waals surface area contributed by atoms with Crippen LogP contribution in [0.1, 0.15) is 23.7 Å². The number of hydrogen-bond donors (Lipinski definition) is 2. The minimum absolute atomic E-state index is 0.0783. The monoisotopic (exact) mass is 349 g/mol. The number of aliphatic hydroxyl groups excluding tert-OH is 1. The van der Waals surface area contributed by atoms with Crippen molar-refractivity contribution < 1.29 is 28.2 Å². The lowest BCUT2D eigenvalue weighted by atomic mass is 10.1. The van der Waals surface area contributed by atoms with Gasteiger partial charge >= 0.3 is 0 Å². The molecule has 0 spiro atoms. The van der Waals surface area contributed by atoms with E-state index in [0.29, 0.717) is 17.9 Å². The van der Waals surface area contributed by atoms with Gasteiger partial charge < -0.3 is 19.9 Å². The average molecular weight is 349 g/mol. The number of fused-ring (bicyclic) bond motifs is 1. The molecule has 5 nitrogen and oxygen atoms in total. The molecule has 132 valence electrons. The molecule has 0 bridgehead atoms. The van der Waals surface area contributed by atoms with E-state index in [1.807, 2.05) is 12.1 Å². The number of carbonyl (C=O) groups excluding carboxylic acids is 1. The SMILES string of the molecule is O=C(CCc1ccc2c(c1)OCO2)NC[C@@H](O)c1ccc(F)c(F)c1. The molecular formula is C18H17F2NO4. The van der Waals surface area contributed by atoms with Gasteiger partial charge in [0.2, 0.25) is 12.7 Å². The number of aryl methyl sites for hydroxylation is 1. The second-order valence-corrected chi connectivity index (χ2v) is 5.68. The Hall–Kier alpha value is -2.67. The third-order valence-corrected chi connectivity index (χ3v) is 3.90. The molecule has 1 heterocycles. The molecule has 2 aromatic rings. The van der Waals surface area contributed by atoms with Gasteiger partial charge in [0.25, 0.3) is 0 Å². The summed E-state index contributed by atoms with van der Waals surface area (Å²) in [4.78, 5) is 11.9. The van der Waals surface area contributed by atoms with Crippen molar-refractivity contribution in [3.63, 3.8) is 0 Å². The lowest BCUT2D eigenvalue weighted by molar-refractivity contribution is -0.121. The fraction of sp³-hybridized carbons (Fsp3) is 0.278. The van der Waals surface area contributed by atoms with Crippen LogP contribution in [0.3, 0.4) is 0 Å². The molecule has 1 amide bonds. The number of ether oxygens (including phenoxy) is 2. The van der Waals surface area contributed by atoms with Crippen molar-refractivity contribution in [2.24, 2.45) is 0 Å². The lowest BCUT2D eigenvalue weighted by Crippen LogP contribution is -2.28. The molecule has 0 fully saturated rings. The van der Waals surface area contributed by atoms with Crippen LogP contribution < -0.4 is 14.8 Å². The Balaban J connectivity index is 1.47. The summed E-state index contributed by atoms with van der Waals surface area (Å²) in [5.41, 5.74) is 1.13. The molecule has 0 aliphatic carbocycles. The first-order valence-corrected chi connectivity index (χ1v) is 7.81. The highest BCUT2D eigenvalue weighted by molar-refractivity contribution is 5.76. The first-order chi connectivity index (χ1) is 12.0. The molecule has 1 atom stereocenters. The van der Waals surface area contributed by atoms with Gasteiger partial charge in [-0.2, -0.15) is 0 Å². The van der Waals surface area contributed by atoms with Gasteiger partial charge in [-0.25, -0.2) is 8.78 Å². The molecule has 2 N–H and O–H groups in total. The van der Waals surface area contributed by atoms with Gasteiger partial charge in [-0.3, -0.25) is 4.79 Å². The van der Waals surface area contributed by atoms with Crippen molar-refractivity contribution >= 4 is 5.91 Å². The Morgan fingerprint density at radius 3 is 2.72 bits per heavy atom. The standard InChI is InChI=1S/C18H17F2NO4/c19-13-4-3-12(8-14(13)20)15(22)9-21-18(23)6-2-11-1-5-16-17(7-11)25-10-24-16/h1,3-5,7-8,15,22H,2,6,9-10H2,(H,21,23)/t15-/m1/s1. The highest BCUT2D eigenvalue weighted by Crippen LogP contribution is 2.32. The molecule has 7 heteroatoms. The van der Waals surface area contributed by atoms with Crippen LogP contribution >= 0.6 is 0 Å². The molecule has 1 aliphatic heterocycles. The smallest absolute Gasteiger partial charge is 0.231 e. The van der Waals surface area contributed by atoms with E-state index >= 15 is 0 Å². The summed E-state index contributed by atoms with van der Waals surface area (Å²) in [7, 11) is 0. The largest absolute Gasteiger partial charge is 0.454 e. The number of aliphatic hydroxyl groups is 1. The van der Waals surface area contributed by atoms with Crippen molar-refractivity contribution in [2.45, 2.75) is 18.9 Å². The highest BCUT2D eigenvalue weighted by atomic mass is 19.2. The normalized spacial score (nSPS) is 13.6. The molecule has 0 saturated carbocycles. The van der Waals surface area contributed by atoms with Crippen molar-refractivity contribution in [1.82, 2.24) is 5.32 Å². The molecule has 0 saturated heterocycles. The van der Waals surface area contributed by atoms with Gasteiger partial charge in [0.1, 0.15) is 0 Å². The quantitative estimate of drug-likeness (QED) is 0.841. The summed E-state index contributed by atoms with van der Waals surface area (Å²) in [6.45, 7) is 0.117. The topological polar surface area (TPSA) is 67.8 Å². The van der Waals surface area contributed by atoms with Gasteiger partial charge in [0.05, 0.1) is 6.10 Å². The second-order valence-electron chi connectivity index (χ2n) is 5.68. The van der Waals surface area contributed by atoms with E-state index < -0.39 is 17.7 Å². The van der Waals surface area contributed by atoms with Gasteiger partial charge in [0.15, 0.2) is 23.1 Å². The zero-order valence-electron chi connectivity index (χ0n) is 13.3. The zero-order chi connectivity index (χ0) is 17.8. The van der Waals surface area contributed by atoms with Crippen molar-refractivity contribution in [3.05, 3.63) is 59.2 Å². The number of carbonyl (C=O) groups is 1. The van der Waals surface area contributed by atoms with Crippen LogP contribution in [0.15, 0.2) is 36.4 Å². The fourth-order valence-corrected chi connectivity index (χ4v) is 2.49. The summed E-state index contributed by atoms with van der Waals surface area (Å²) in [5.74, 6) is -0.928. The first-order valence-electron chi connectivity index (χ1n) is 7.81. The average Bonchev–Trinajstić information content (AvgIpc) is 3.08. The van der Waals surface area contributed by atoms with E-state index in [1.165, 1.54) is 6.07 Å². The van der Waals surface area contributed by atoms with Crippen LogP contribution in [0.2, 0.25) is 0 Å². The van der Waals surface area contributed by atoms with E-state index in [4.69, 9.17) is 9.47 Å². The molecule has 0 radical (unpaired) electrons. The Morgan fingerprint density at radius 1 is 1.12 bits per heavy atom. The van der Waals surface area contributed by atoms with E-state index in [9.17, 15) is 18.7 Å². The Bertz CT molecular complexity index is 782. The number of benzene rings is 2. The maximum absolute atomic E-state index is 13.1. The minimum atomic E-state index is -1.11. The molecule has 3 rings (SSSR count). The number of amides is 1. The molecule has 0 aromatic heterocycles. The van der Waals surface area contributed by atoms with Crippen LogP contribution in [0.25, 0.3) is 0 Å². The second kappa shape index (κ2) is 7.48. The van der Waals surface area contributed by atoms with E-state index in [-0.39, 0.29) is 31.2 Å². The number of hydrogen-bond acceptors (Lipinski definition) is 4. The van der Waals surface area contributed by atoms with Crippen molar-refractivity contribution in [3.8, 4) is 11.5 Å². The molecule has 2 aromatic carbocycles. The van der Waals surface area contributed by atoms with E-state index in [1.54, 1.807) is 6.07 Å². The van der Waals surface area contributed by atoms with Crippen LogP contribution in [0.4, 0.5) is 8.78 Å².